The monoisotopic (exact) mass is 321 g/mol. The van der Waals surface area contributed by atoms with Crippen LogP contribution in [0.15, 0.2) is 36.7 Å². The number of benzene rings is 1. The van der Waals surface area contributed by atoms with Crippen LogP contribution in [0.5, 0.6) is 0 Å². The van der Waals surface area contributed by atoms with Gasteiger partial charge >= 0.3 is 11.8 Å². The Bertz CT molecular complexity index is 738. The first-order chi connectivity index (χ1) is 10.5. The summed E-state index contributed by atoms with van der Waals surface area (Å²) in [5.41, 5.74) is -0.323. The number of nitrogens with zero attached hydrogens (tertiary/aromatic N) is 3. The SMILES string of the molecule is O=C(Nc1ncccn1)C(=O)Nc1cc([N+](=O)[O-])ccc1Cl. The van der Waals surface area contributed by atoms with Crippen LogP contribution in [0.3, 0.4) is 0 Å². The average Bonchev–Trinajstić information content (AvgIpc) is 2.50. The zero-order valence-electron chi connectivity index (χ0n) is 10.8. The number of nitro benzene ring substituents is 1. The average molecular weight is 322 g/mol. The minimum absolute atomic E-state index is 0.0483. The number of non-ortho nitro benzene ring substituents is 1. The number of anilines is 2. The maximum absolute atomic E-state index is 11.7. The molecule has 0 unspecified atom stereocenters. The summed E-state index contributed by atoms with van der Waals surface area (Å²) in [5.74, 6) is -2.14. The minimum Gasteiger partial charge on any atom is -0.316 e. The van der Waals surface area contributed by atoms with Gasteiger partial charge in [-0.2, -0.15) is 0 Å². The van der Waals surface area contributed by atoms with Gasteiger partial charge in [0.2, 0.25) is 5.95 Å². The normalized spacial score (nSPS) is 9.86. The zero-order valence-corrected chi connectivity index (χ0v) is 11.6. The second-order valence-corrected chi connectivity index (χ2v) is 4.31. The Morgan fingerprint density at radius 2 is 1.77 bits per heavy atom. The van der Waals surface area contributed by atoms with Crippen LogP contribution in [0.4, 0.5) is 17.3 Å². The fourth-order valence-corrected chi connectivity index (χ4v) is 1.59. The molecule has 1 heterocycles. The summed E-state index contributed by atoms with van der Waals surface area (Å²) in [7, 11) is 0. The molecule has 0 saturated carbocycles. The minimum atomic E-state index is -1.06. The molecular formula is C12H8ClN5O4. The molecule has 2 aromatic rings. The van der Waals surface area contributed by atoms with E-state index in [9.17, 15) is 19.7 Å². The smallest absolute Gasteiger partial charge is 0.316 e. The van der Waals surface area contributed by atoms with Gasteiger partial charge in [0.15, 0.2) is 0 Å². The molecule has 1 aromatic carbocycles. The molecule has 0 spiro atoms. The lowest BCUT2D eigenvalue weighted by molar-refractivity contribution is -0.384. The van der Waals surface area contributed by atoms with E-state index in [-0.39, 0.29) is 22.3 Å². The Hall–Kier alpha value is -3.07. The summed E-state index contributed by atoms with van der Waals surface area (Å²) < 4.78 is 0. The first-order valence-corrected chi connectivity index (χ1v) is 6.18. The van der Waals surface area contributed by atoms with Gasteiger partial charge in [-0.15, -0.1) is 0 Å². The summed E-state index contributed by atoms with van der Waals surface area (Å²) >= 11 is 5.82. The third-order valence-electron chi connectivity index (χ3n) is 2.41. The first-order valence-electron chi connectivity index (χ1n) is 5.80. The summed E-state index contributed by atoms with van der Waals surface area (Å²) in [4.78, 5) is 40.9. The van der Waals surface area contributed by atoms with Crippen molar-refractivity contribution in [2.75, 3.05) is 10.6 Å². The highest BCUT2D eigenvalue weighted by atomic mass is 35.5. The fraction of sp³-hybridized carbons (Fsp3) is 0. The summed E-state index contributed by atoms with van der Waals surface area (Å²) in [6, 6.07) is 5.01. The Kier molecular flexibility index (Phi) is 4.59. The molecule has 2 amide bonds. The lowest BCUT2D eigenvalue weighted by Gasteiger charge is -2.07. The predicted molar refractivity (Wildman–Crippen MR) is 77.4 cm³/mol. The molecule has 0 radical (unpaired) electrons. The zero-order chi connectivity index (χ0) is 16.1. The van der Waals surface area contributed by atoms with Gasteiger partial charge in [-0.05, 0) is 12.1 Å². The molecule has 0 aliphatic carbocycles. The van der Waals surface area contributed by atoms with Gasteiger partial charge in [-0.1, -0.05) is 11.6 Å². The standard InChI is InChI=1S/C12H8ClN5O4/c13-8-3-2-7(18(21)22)6-9(8)16-10(19)11(20)17-12-14-4-1-5-15-12/h1-6H,(H,16,19)(H,14,15,17,20). The highest BCUT2D eigenvalue weighted by Crippen LogP contribution is 2.26. The van der Waals surface area contributed by atoms with Crippen LogP contribution in [-0.2, 0) is 9.59 Å². The molecule has 0 bridgehead atoms. The molecule has 0 atom stereocenters. The topological polar surface area (TPSA) is 127 Å². The number of carbonyl (C=O) groups excluding carboxylic acids is 2. The fourth-order valence-electron chi connectivity index (χ4n) is 1.42. The Morgan fingerprint density at radius 1 is 1.14 bits per heavy atom. The number of hydrogen-bond donors (Lipinski definition) is 2. The van der Waals surface area contributed by atoms with Gasteiger partial charge in [-0.3, -0.25) is 25.0 Å². The van der Waals surface area contributed by atoms with Crippen molar-refractivity contribution >= 4 is 40.7 Å². The van der Waals surface area contributed by atoms with E-state index in [1.807, 2.05) is 0 Å². The molecule has 112 valence electrons. The molecule has 2 rings (SSSR count). The van der Waals surface area contributed by atoms with Crippen molar-refractivity contribution in [3.63, 3.8) is 0 Å². The van der Waals surface area contributed by atoms with E-state index in [0.29, 0.717) is 0 Å². The molecule has 10 heteroatoms. The van der Waals surface area contributed by atoms with E-state index in [2.05, 4.69) is 20.6 Å². The van der Waals surface area contributed by atoms with E-state index in [1.165, 1.54) is 24.5 Å². The molecule has 9 nitrogen and oxygen atoms in total. The molecule has 22 heavy (non-hydrogen) atoms. The Balaban J connectivity index is 2.10. The van der Waals surface area contributed by atoms with Gasteiger partial charge in [-0.25, -0.2) is 9.97 Å². The van der Waals surface area contributed by atoms with Crippen LogP contribution in [0.2, 0.25) is 5.02 Å². The molecule has 1 aromatic heterocycles. The van der Waals surface area contributed by atoms with Crippen molar-refractivity contribution in [2.45, 2.75) is 0 Å². The van der Waals surface area contributed by atoms with Crippen LogP contribution in [0.1, 0.15) is 0 Å². The third-order valence-corrected chi connectivity index (χ3v) is 2.74. The summed E-state index contributed by atoms with van der Waals surface area (Å²) in [5, 5.41) is 15.1. The third kappa shape index (κ3) is 3.73. The van der Waals surface area contributed by atoms with Crippen molar-refractivity contribution in [2.24, 2.45) is 0 Å². The number of rotatable bonds is 3. The Morgan fingerprint density at radius 3 is 2.41 bits per heavy atom. The van der Waals surface area contributed by atoms with E-state index in [4.69, 9.17) is 11.6 Å². The lowest BCUT2D eigenvalue weighted by Crippen LogP contribution is -2.29. The van der Waals surface area contributed by atoms with Gasteiger partial charge in [0, 0.05) is 24.5 Å². The number of amides is 2. The molecule has 2 N–H and O–H groups in total. The molecular weight excluding hydrogens is 314 g/mol. The van der Waals surface area contributed by atoms with Crippen LogP contribution in [0.25, 0.3) is 0 Å². The first kappa shape index (κ1) is 15.3. The van der Waals surface area contributed by atoms with Gasteiger partial charge in [0.05, 0.1) is 15.6 Å². The highest BCUT2D eigenvalue weighted by molar-refractivity contribution is 6.44. The summed E-state index contributed by atoms with van der Waals surface area (Å²) in [6.07, 6.45) is 2.77. The van der Waals surface area contributed by atoms with E-state index >= 15 is 0 Å². The quantitative estimate of drug-likeness (QED) is 0.502. The van der Waals surface area contributed by atoms with Crippen LogP contribution >= 0.6 is 11.6 Å². The van der Waals surface area contributed by atoms with Crippen molar-refractivity contribution in [1.29, 1.82) is 0 Å². The van der Waals surface area contributed by atoms with Crippen molar-refractivity contribution in [1.82, 2.24) is 9.97 Å². The summed E-state index contributed by atoms with van der Waals surface area (Å²) in [6.45, 7) is 0. The molecule has 0 fully saturated rings. The maximum atomic E-state index is 11.7. The number of hydrogen-bond acceptors (Lipinski definition) is 6. The largest absolute Gasteiger partial charge is 0.316 e. The van der Waals surface area contributed by atoms with Crippen molar-refractivity contribution in [3.05, 3.63) is 51.8 Å². The molecule has 0 aliphatic rings. The van der Waals surface area contributed by atoms with Crippen LogP contribution in [-0.4, -0.2) is 26.7 Å². The van der Waals surface area contributed by atoms with E-state index < -0.39 is 16.7 Å². The number of nitro groups is 1. The lowest BCUT2D eigenvalue weighted by atomic mass is 10.2. The second-order valence-electron chi connectivity index (χ2n) is 3.90. The highest BCUT2D eigenvalue weighted by Gasteiger charge is 2.18. The number of nitrogens with one attached hydrogen (secondary N) is 2. The van der Waals surface area contributed by atoms with Gasteiger partial charge < -0.3 is 5.32 Å². The van der Waals surface area contributed by atoms with E-state index in [1.54, 1.807) is 6.07 Å². The maximum Gasteiger partial charge on any atom is 0.316 e. The number of aromatic nitrogens is 2. The number of halogens is 1. The van der Waals surface area contributed by atoms with Crippen molar-refractivity contribution < 1.29 is 14.5 Å². The molecule has 0 aliphatic heterocycles. The van der Waals surface area contributed by atoms with Crippen molar-refractivity contribution in [3.8, 4) is 0 Å². The van der Waals surface area contributed by atoms with Gasteiger partial charge in [0.1, 0.15) is 0 Å². The van der Waals surface area contributed by atoms with Crippen LogP contribution < -0.4 is 10.6 Å². The van der Waals surface area contributed by atoms with Crippen LogP contribution in [0, 0.1) is 10.1 Å². The number of carbonyl (C=O) groups is 2. The van der Waals surface area contributed by atoms with Gasteiger partial charge in [0.25, 0.3) is 5.69 Å². The predicted octanol–water partition coefficient (Wildman–Crippen LogP) is 1.62. The second kappa shape index (κ2) is 6.59. The molecule has 0 saturated heterocycles. The van der Waals surface area contributed by atoms with E-state index in [0.717, 1.165) is 6.07 Å². The Labute approximate surface area is 128 Å².